The zero-order chi connectivity index (χ0) is 10.1. The van der Waals surface area contributed by atoms with Crippen molar-refractivity contribution in [3.05, 3.63) is 23.1 Å². The van der Waals surface area contributed by atoms with Crippen molar-refractivity contribution in [2.75, 3.05) is 6.61 Å². The maximum atomic E-state index is 5.87. The van der Waals surface area contributed by atoms with Crippen LogP contribution in [-0.4, -0.2) is 16.6 Å². The Labute approximate surface area is 87.1 Å². The molecule has 1 N–H and O–H groups in total. The van der Waals surface area contributed by atoms with Crippen LogP contribution < -0.4 is 4.74 Å². The van der Waals surface area contributed by atoms with E-state index in [1.807, 2.05) is 26.1 Å². The molecule has 4 heteroatoms. The Kier molecular flexibility index (Phi) is 2.33. The van der Waals surface area contributed by atoms with Crippen LogP contribution in [0.4, 0.5) is 0 Å². The van der Waals surface area contributed by atoms with Gasteiger partial charge < -0.3 is 9.72 Å². The molecule has 0 atom stereocenters. The summed E-state index contributed by atoms with van der Waals surface area (Å²) in [6.07, 6.45) is 1.83. The molecule has 0 bridgehead atoms. The number of H-pyrrole nitrogens is 1. The number of rotatable bonds is 2. The van der Waals surface area contributed by atoms with Gasteiger partial charge in [-0.3, -0.25) is 0 Å². The van der Waals surface area contributed by atoms with Crippen molar-refractivity contribution in [2.45, 2.75) is 13.8 Å². The van der Waals surface area contributed by atoms with Crippen LogP contribution in [0.15, 0.2) is 12.3 Å². The minimum Gasteiger partial charge on any atom is -0.492 e. The molecule has 2 aromatic heterocycles. The summed E-state index contributed by atoms with van der Waals surface area (Å²) >= 11 is 5.87. The summed E-state index contributed by atoms with van der Waals surface area (Å²) in [5.74, 6) is 0.829. The lowest BCUT2D eigenvalue weighted by molar-refractivity contribution is 0.344. The van der Waals surface area contributed by atoms with Gasteiger partial charge >= 0.3 is 0 Å². The SMILES string of the molecule is CCOc1c[nH]c2c(C)nc(Cl)cc12. The van der Waals surface area contributed by atoms with Crippen molar-refractivity contribution in [1.82, 2.24) is 9.97 Å². The van der Waals surface area contributed by atoms with Crippen molar-refractivity contribution < 1.29 is 4.74 Å². The van der Waals surface area contributed by atoms with Gasteiger partial charge in [0.15, 0.2) is 0 Å². The van der Waals surface area contributed by atoms with Gasteiger partial charge in [-0.1, -0.05) is 11.6 Å². The minimum absolute atomic E-state index is 0.496. The maximum absolute atomic E-state index is 5.87. The Bertz CT molecular complexity index is 464. The number of aryl methyl sites for hydroxylation is 1. The smallest absolute Gasteiger partial charge is 0.144 e. The molecule has 0 saturated carbocycles. The predicted octanol–water partition coefficient (Wildman–Crippen LogP) is 2.92. The highest BCUT2D eigenvalue weighted by molar-refractivity contribution is 6.30. The fourth-order valence-corrected chi connectivity index (χ4v) is 1.74. The Hall–Kier alpha value is -1.22. The molecule has 0 saturated heterocycles. The first-order chi connectivity index (χ1) is 6.72. The highest BCUT2D eigenvalue weighted by Gasteiger charge is 2.08. The first-order valence-electron chi connectivity index (χ1n) is 4.49. The zero-order valence-corrected chi connectivity index (χ0v) is 8.85. The number of nitrogens with one attached hydrogen (secondary N) is 1. The molecule has 74 valence electrons. The highest BCUT2D eigenvalue weighted by atomic mass is 35.5. The Morgan fingerprint density at radius 1 is 1.57 bits per heavy atom. The topological polar surface area (TPSA) is 37.9 Å². The molecule has 2 rings (SSSR count). The molecule has 0 fully saturated rings. The fraction of sp³-hybridized carbons (Fsp3) is 0.300. The first kappa shape index (κ1) is 9.34. The van der Waals surface area contributed by atoms with Gasteiger partial charge in [-0.15, -0.1) is 0 Å². The Morgan fingerprint density at radius 2 is 2.36 bits per heavy atom. The molecule has 0 aliphatic carbocycles. The molecule has 14 heavy (non-hydrogen) atoms. The molecule has 0 unspecified atom stereocenters. The second kappa shape index (κ2) is 3.50. The van der Waals surface area contributed by atoms with E-state index in [-0.39, 0.29) is 0 Å². The number of ether oxygens (including phenoxy) is 1. The number of aromatic nitrogens is 2. The molecule has 0 spiro atoms. The third kappa shape index (κ3) is 1.44. The Balaban J connectivity index is 2.66. The van der Waals surface area contributed by atoms with E-state index in [4.69, 9.17) is 16.3 Å². The molecular formula is C10H11ClN2O. The molecule has 2 aromatic rings. The largest absolute Gasteiger partial charge is 0.492 e. The van der Waals surface area contributed by atoms with Crippen LogP contribution in [-0.2, 0) is 0 Å². The normalized spacial score (nSPS) is 10.8. The molecule has 0 amide bonds. The average molecular weight is 211 g/mol. The van der Waals surface area contributed by atoms with Gasteiger partial charge in [0.05, 0.1) is 17.8 Å². The number of hydrogen-bond acceptors (Lipinski definition) is 2. The van der Waals surface area contributed by atoms with Gasteiger partial charge in [0.1, 0.15) is 10.9 Å². The lowest BCUT2D eigenvalue weighted by atomic mass is 10.2. The summed E-state index contributed by atoms with van der Waals surface area (Å²) in [5, 5.41) is 1.49. The maximum Gasteiger partial charge on any atom is 0.144 e. The van der Waals surface area contributed by atoms with Crippen molar-refractivity contribution in [3.8, 4) is 5.75 Å². The molecule has 0 radical (unpaired) electrons. The van der Waals surface area contributed by atoms with E-state index in [1.165, 1.54) is 0 Å². The van der Waals surface area contributed by atoms with E-state index in [9.17, 15) is 0 Å². The van der Waals surface area contributed by atoms with E-state index < -0.39 is 0 Å². The summed E-state index contributed by atoms with van der Waals surface area (Å²) in [5.41, 5.74) is 1.87. The summed E-state index contributed by atoms with van der Waals surface area (Å²) in [6.45, 7) is 4.51. The van der Waals surface area contributed by atoms with E-state index in [1.54, 1.807) is 0 Å². The van der Waals surface area contributed by atoms with Crippen LogP contribution in [0.3, 0.4) is 0 Å². The van der Waals surface area contributed by atoms with Crippen molar-refractivity contribution in [2.24, 2.45) is 0 Å². The minimum atomic E-state index is 0.496. The van der Waals surface area contributed by atoms with Crippen LogP contribution in [0, 0.1) is 6.92 Å². The van der Waals surface area contributed by atoms with Crippen LogP contribution >= 0.6 is 11.6 Å². The van der Waals surface area contributed by atoms with Crippen molar-refractivity contribution in [1.29, 1.82) is 0 Å². The Morgan fingerprint density at radius 3 is 3.07 bits per heavy atom. The van der Waals surface area contributed by atoms with Gasteiger partial charge in [-0.25, -0.2) is 4.98 Å². The van der Waals surface area contributed by atoms with E-state index in [0.717, 1.165) is 22.3 Å². The molecule has 3 nitrogen and oxygen atoms in total. The highest BCUT2D eigenvalue weighted by Crippen LogP contribution is 2.28. The van der Waals surface area contributed by atoms with Gasteiger partial charge in [-0.2, -0.15) is 0 Å². The third-order valence-corrected chi connectivity index (χ3v) is 2.28. The number of hydrogen-bond donors (Lipinski definition) is 1. The zero-order valence-electron chi connectivity index (χ0n) is 8.10. The number of fused-ring (bicyclic) bond motifs is 1. The van der Waals surface area contributed by atoms with Crippen molar-refractivity contribution in [3.63, 3.8) is 0 Å². The first-order valence-corrected chi connectivity index (χ1v) is 4.87. The quantitative estimate of drug-likeness (QED) is 0.774. The van der Waals surface area contributed by atoms with E-state index >= 15 is 0 Å². The van der Waals surface area contributed by atoms with Crippen molar-refractivity contribution >= 4 is 22.5 Å². The van der Waals surface area contributed by atoms with Gasteiger partial charge in [0.25, 0.3) is 0 Å². The molecule has 0 aliphatic heterocycles. The monoisotopic (exact) mass is 210 g/mol. The van der Waals surface area contributed by atoms with Gasteiger partial charge in [0, 0.05) is 11.6 Å². The van der Waals surface area contributed by atoms with Gasteiger partial charge in [-0.05, 0) is 19.9 Å². The van der Waals surface area contributed by atoms with Gasteiger partial charge in [0.2, 0.25) is 0 Å². The second-order valence-corrected chi connectivity index (χ2v) is 3.43. The average Bonchev–Trinajstić information content (AvgIpc) is 2.49. The third-order valence-electron chi connectivity index (χ3n) is 2.08. The number of nitrogens with zero attached hydrogens (tertiary/aromatic N) is 1. The second-order valence-electron chi connectivity index (χ2n) is 3.04. The number of aromatic amines is 1. The van der Waals surface area contributed by atoms with E-state index in [0.29, 0.717) is 11.8 Å². The molecule has 2 heterocycles. The number of pyridine rings is 1. The predicted molar refractivity (Wildman–Crippen MR) is 57.0 cm³/mol. The lowest BCUT2D eigenvalue weighted by Gasteiger charge is -2.01. The summed E-state index contributed by atoms with van der Waals surface area (Å²) in [7, 11) is 0. The lowest BCUT2D eigenvalue weighted by Crippen LogP contribution is -1.90. The summed E-state index contributed by atoms with van der Waals surface area (Å²) in [4.78, 5) is 7.28. The van der Waals surface area contributed by atoms with Crippen LogP contribution in [0.25, 0.3) is 10.9 Å². The summed E-state index contributed by atoms with van der Waals surface area (Å²) in [6, 6.07) is 1.81. The standard InChI is InChI=1S/C10H11ClN2O/c1-3-14-8-5-12-10-6(2)13-9(11)4-7(8)10/h4-5,12H,3H2,1-2H3. The van der Waals surface area contributed by atoms with E-state index in [2.05, 4.69) is 9.97 Å². The molecule has 0 aliphatic rings. The molecular weight excluding hydrogens is 200 g/mol. The summed E-state index contributed by atoms with van der Waals surface area (Å²) < 4.78 is 5.45. The fourth-order valence-electron chi connectivity index (χ4n) is 1.50. The number of halogens is 1. The van der Waals surface area contributed by atoms with Crippen LogP contribution in [0.1, 0.15) is 12.6 Å². The molecule has 0 aromatic carbocycles. The van der Waals surface area contributed by atoms with Crippen LogP contribution in [0.5, 0.6) is 5.75 Å². The van der Waals surface area contributed by atoms with Crippen LogP contribution in [0.2, 0.25) is 5.15 Å².